The highest BCUT2D eigenvalue weighted by Gasteiger charge is 2.31. The third-order valence-electron chi connectivity index (χ3n) is 4.05. The van der Waals surface area contributed by atoms with E-state index in [1.165, 1.54) is 18.1 Å². The molecule has 0 aliphatic carbocycles. The fraction of sp³-hybridized carbons (Fsp3) is 0.533. The minimum absolute atomic E-state index is 0.0126. The smallest absolute Gasteiger partial charge is 0.260 e. The molecule has 122 valence electrons. The van der Waals surface area contributed by atoms with Gasteiger partial charge in [-0.1, -0.05) is 0 Å². The van der Waals surface area contributed by atoms with Crippen LogP contribution in [0.2, 0.25) is 0 Å². The van der Waals surface area contributed by atoms with Crippen molar-refractivity contribution in [2.45, 2.75) is 18.9 Å². The molecular formula is C15H19F2NO4. The molecule has 1 saturated heterocycles. The van der Waals surface area contributed by atoms with Gasteiger partial charge in [-0.3, -0.25) is 4.79 Å². The van der Waals surface area contributed by atoms with Crippen LogP contribution in [0.25, 0.3) is 0 Å². The number of benzene rings is 1. The largest absolute Gasteiger partial charge is 0.496 e. The number of likely N-dealkylation sites (tertiary alicyclic amines) is 1. The number of carbonyl (C=O) groups excluding carboxylic acids is 1. The molecule has 0 bridgehead atoms. The van der Waals surface area contributed by atoms with Crippen molar-refractivity contribution >= 4 is 5.91 Å². The lowest BCUT2D eigenvalue weighted by atomic mass is 9.91. The van der Waals surface area contributed by atoms with Gasteiger partial charge in [-0.2, -0.15) is 0 Å². The molecule has 2 rings (SSSR count). The molecule has 7 heteroatoms. The van der Waals surface area contributed by atoms with Gasteiger partial charge >= 0.3 is 0 Å². The Morgan fingerprint density at radius 1 is 1.41 bits per heavy atom. The minimum atomic E-state index is -1.22. The molecule has 1 heterocycles. The number of ether oxygens (including phenoxy) is 1. The van der Waals surface area contributed by atoms with Crippen molar-refractivity contribution in [3.63, 3.8) is 0 Å². The van der Waals surface area contributed by atoms with E-state index in [4.69, 9.17) is 9.84 Å². The van der Waals surface area contributed by atoms with E-state index in [1.807, 2.05) is 0 Å². The number of halogens is 2. The predicted octanol–water partition coefficient (Wildman–Crippen LogP) is 1.18. The van der Waals surface area contributed by atoms with Gasteiger partial charge in [0.05, 0.1) is 19.8 Å². The predicted molar refractivity (Wildman–Crippen MR) is 74.6 cm³/mol. The van der Waals surface area contributed by atoms with Gasteiger partial charge in [-0.15, -0.1) is 0 Å². The highest BCUT2D eigenvalue weighted by molar-refractivity contribution is 5.97. The minimum Gasteiger partial charge on any atom is -0.496 e. The number of hydrogen-bond donors (Lipinski definition) is 2. The van der Waals surface area contributed by atoms with E-state index in [1.54, 1.807) is 0 Å². The summed E-state index contributed by atoms with van der Waals surface area (Å²) in [4.78, 5) is 13.8. The fourth-order valence-corrected chi connectivity index (χ4v) is 2.70. The van der Waals surface area contributed by atoms with Crippen LogP contribution >= 0.6 is 0 Å². The zero-order valence-corrected chi connectivity index (χ0v) is 12.3. The van der Waals surface area contributed by atoms with Gasteiger partial charge in [-0.05, 0) is 30.9 Å². The van der Waals surface area contributed by atoms with Gasteiger partial charge in [0, 0.05) is 13.1 Å². The highest BCUT2D eigenvalue weighted by atomic mass is 19.2. The van der Waals surface area contributed by atoms with Crippen LogP contribution in [0.3, 0.4) is 0 Å². The Kier molecular flexibility index (Phi) is 5.31. The number of hydrogen-bond acceptors (Lipinski definition) is 4. The molecule has 1 aromatic carbocycles. The molecule has 1 aliphatic heterocycles. The molecule has 22 heavy (non-hydrogen) atoms. The number of aliphatic hydroxyl groups excluding tert-OH is 2. The normalized spacial score (nSPS) is 17.4. The number of carbonyl (C=O) groups is 1. The number of methoxy groups -OCH3 is 1. The summed E-state index contributed by atoms with van der Waals surface area (Å²) in [5, 5.41) is 18.5. The lowest BCUT2D eigenvalue weighted by molar-refractivity contribution is 0.0177. The van der Waals surface area contributed by atoms with E-state index in [0.717, 1.165) is 6.07 Å². The maximum atomic E-state index is 13.9. The highest BCUT2D eigenvalue weighted by Crippen LogP contribution is 2.28. The molecule has 2 N–H and O–H groups in total. The van der Waals surface area contributed by atoms with Gasteiger partial charge in [-0.25, -0.2) is 8.78 Å². The van der Waals surface area contributed by atoms with Crippen LogP contribution in [-0.4, -0.2) is 53.9 Å². The summed E-state index contributed by atoms with van der Waals surface area (Å²) in [6.07, 6.45) is 0.164. The van der Waals surface area contributed by atoms with Crippen molar-refractivity contribution in [2.75, 3.05) is 26.8 Å². The average Bonchev–Trinajstić information content (AvgIpc) is 2.56. The maximum Gasteiger partial charge on any atom is 0.260 e. The molecule has 0 saturated carbocycles. The molecule has 1 amide bonds. The first-order valence-electron chi connectivity index (χ1n) is 7.09. The second kappa shape index (κ2) is 7.02. The molecule has 1 aliphatic rings. The van der Waals surface area contributed by atoms with Crippen molar-refractivity contribution in [1.29, 1.82) is 0 Å². The Morgan fingerprint density at radius 2 is 2.05 bits per heavy atom. The summed E-state index contributed by atoms with van der Waals surface area (Å²) in [6, 6.07) is 2.13. The van der Waals surface area contributed by atoms with Crippen LogP contribution in [0.15, 0.2) is 12.1 Å². The fourth-order valence-electron chi connectivity index (χ4n) is 2.70. The summed E-state index contributed by atoms with van der Waals surface area (Å²) in [5.41, 5.74) is -0.413. The lowest BCUT2D eigenvalue weighted by Crippen LogP contribution is -2.42. The Labute approximate surface area is 127 Å². The third kappa shape index (κ3) is 3.20. The number of rotatable bonds is 4. The molecule has 0 radical (unpaired) electrons. The maximum absolute atomic E-state index is 13.9. The number of amides is 1. The van der Waals surface area contributed by atoms with Gasteiger partial charge in [0.25, 0.3) is 5.91 Å². The first kappa shape index (κ1) is 16.6. The van der Waals surface area contributed by atoms with Gasteiger partial charge < -0.3 is 19.8 Å². The quantitative estimate of drug-likeness (QED) is 0.875. The van der Waals surface area contributed by atoms with Crippen molar-refractivity contribution in [2.24, 2.45) is 5.92 Å². The lowest BCUT2D eigenvalue weighted by Gasteiger charge is -2.34. The Bertz CT molecular complexity index is 545. The standard InChI is InChI=1S/C15H19F2NO4/c1-22-12-3-2-10(16)14(17)13(12)15(21)18-6-4-9(5-7-18)11(20)8-19/h2-3,9,11,19-20H,4-8H2,1H3. The first-order chi connectivity index (χ1) is 10.5. The first-order valence-corrected chi connectivity index (χ1v) is 7.09. The van der Waals surface area contributed by atoms with Crippen molar-refractivity contribution < 1.29 is 28.5 Å². The second-order valence-electron chi connectivity index (χ2n) is 5.32. The van der Waals surface area contributed by atoms with Gasteiger partial charge in [0.1, 0.15) is 11.3 Å². The zero-order valence-electron chi connectivity index (χ0n) is 12.3. The Hall–Kier alpha value is -1.73. The molecule has 0 spiro atoms. The number of piperidine rings is 1. The molecule has 1 aromatic rings. The van der Waals surface area contributed by atoms with Crippen molar-refractivity contribution in [1.82, 2.24) is 4.90 Å². The summed E-state index contributed by atoms with van der Waals surface area (Å²) < 4.78 is 32.3. The van der Waals surface area contributed by atoms with E-state index < -0.39 is 29.2 Å². The van der Waals surface area contributed by atoms with E-state index >= 15 is 0 Å². The van der Waals surface area contributed by atoms with E-state index in [-0.39, 0.29) is 18.3 Å². The van der Waals surface area contributed by atoms with Crippen LogP contribution in [0.5, 0.6) is 5.75 Å². The van der Waals surface area contributed by atoms with E-state index in [9.17, 15) is 18.7 Å². The zero-order chi connectivity index (χ0) is 16.3. The van der Waals surface area contributed by atoms with Gasteiger partial charge in [0.2, 0.25) is 0 Å². The number of aliphatic hydroxyl groups is 2. The van der Waals surface area contributed by atoms with Crippen LogP contribution in [0.1, 0.15) is 23.2 Å². The Balaban J connectivity index is 2.15. The summed E-state index contributed by atoms with van der Waals surface area (Å²) in [7, 11) is 1.29. The third-order valence-corrected chi connectivity index (χ3v) is 4.05. The summed E-state index contributed by atoms with van der Waals surface area (Å²) in [5.74, 6) is -3.07. The van der Waals surface area contributed by atoms with Crippen molar-refractivity contribution in [3.8, 4) is 5.75 Å². The summed E-state index contributed by atoms with van der Waals surface area (Å²) in [6.45, 7) is 0.282. The van der Waals surface area contributed by atoms with Crippen molar-refractivity contribution in [3.05, 3.63) is 29.3 Å². The van der Waals surface area contributed by atoms with Crippen LogP contribution in [0.4, 0.5) is 8.78 Å². The Morgan fingerprint density at radius 3 is 2.59 bits per heavy atom. The van der Waals surface area contributed by atoms with Gasteiger partial charge in [0.15, 0.2) is 11.6 Å². The van der Waals surface area contributed by atoms with E-state index in [0.29, 0.717) is 25.9 Å². The van der Waals surface area contributed by atoms with Crippen LogP contribution < -0.4 is 4.74 Å². The number of nitrogens with zero attached hydrogens (tertiary/aromatic N) is 1. The molecule has 5 nitrogen and oxygen atoms in total. The topological polar surface area (TPSA) is 70.0 Å². The molecular weight excluding hydrogens is 296 g/mol. The van der Waals surface area contributed by atoms with Crippen LogP contribution in [-0.2, 0) is 0 Å². The monoisotopic (exact) mass is 315 g/mol. The molecule has 1 fully saturated rings. The molecule has 0 aromatic heterocycles. The second-order valence-corrected chi connectivity index (χ2v) is 5.32. The SMILES string of the molecule is COc1ccc(F)c(F)c1C(=O)N1CCC(C(O)CO)CC1. The summed E-state index contributed by atoms with van der Waals surface area (Å²) >= 11 is 0. The average molecular weight is 315 g/mol. The van der Waals surface area contributed by atoms with Crippen LogP contribution in [0, 0.1) is 17.6 Å². The molecule has 1 unspecified atom stereocenters. The van der Waals surface area contributed by atoms with E-state index in [2.05, 4.69) is 0 Å². The molecule has 1 atom stereocenters.